The number of thioether (sulfide) groups is 1. The number of likely N-dealkylation sites (tertiary alicyclic amines) is 1. The van der Waals surface area contributed by atoms with Gasteiger partial charge in [0.05, 0.1) is 35.8 Å². The third-order valence-electron chi connectivity index (χ3n) is 8.31. The fourth-order valence-electron chi connectivity index (χ4n) is 6.72. The number of nitrogens with zero attached hydrogens (tertiary/aromatic N) is 2. The second-order valence-corrected chi connectivity index (χ2v) is 13.4. The van der Waals surface area contributed by atoms with E-state index in [0.29, 0.717) is 32.4 Å². The number of hydrogen-bond donors (Lipinski definition) is 1. The minimum atomic E-state index is -0.722. The average molecular weight is 535 g/mol. The zero-order valence-electron chi connectivity index (χ0n) is 23.1. The molecule has 0 aliphatic carbocycles. The minimum absolute atomic E-state index is 0.0912. The molecule has 6 atom stereocenters. The zero-order valence-corrected chi connectivity index (χ0v) is 23.9. The Morgan fingerprint density at radius 1 is 1.27 bits per heavy atom. The van der Waals surface area contributed by atoms with Crippen molar-refractivity contribution in [2.75, 3.05) is 26.3 Å². The molecule has 1 N–H and O–H groups in total. The number of esters is 1. The van der Waals surface area contributed by atoms with Crippen LogP contribution in [0.3, 0.4) is 0 Å². The molecule has 0 aromatic heterocycles. The Morgan fingerprint density at radius 2 is 2.00 bits per heavy atom. The van der Waals surface area contributed by atoms with Gasteiger partial charge in [-0.25, -0.2) is 0 Å². The lowest BCUT2D eigenvalue weighted by molar-refractivity contribution is -0.156. The van der Waals surface area contributed by atoms with Gasteiger partial charge in [0.2, 0.25) is 11.8 Å². The number of hydrogen-bond acceptors (Lipinski definition) is 6. The van der Waals surface area contributed by atoms with Crippen LogP contribution in [0.4, 0.5) is 0 Å². The lowest BCUT2D eigenvalue weighted by atomic mass is 9.66. The molecule has 2 amide bonds. The fourth-order valence-corrected chi connectivity index (χ4v) is 9.05. The van der Waals surface area contributed by atoms with Crippen LogP contribution in [-0.4, -0.2) is 80.6 Å². The molecule has 208 valence electrons. The first-order chi connectivity index (χ1) is 17.6. The van der Waals surface area contributed by atoms with E-state index < -0.39 is 33.4 Å². The van der Waals surface area contributed by atoms with Crippen LogP contribution in [-0.2, 0) is 19.1 Å². The summed E-state index contributed by atoms with van der Waals surface area (Å²) in [5, 5.41) is 10.4. The standard InChI is InChI=1S/C29H46N2O5S/c1-7-10-12-16-30(15-9-3)26(34)24-29-14-13-28(6,37-29)23(27(35)36-17-11-8-2)22(29)25(33)31(24)21(19-32)18-20(4)5/h8-9,20-24,32H,2-3,7,10-19H2,1,4-6H3/t21-,22+,23+,24?,28-,29?/m1/s1. The van der Waals surface area contributed by atoms with E-state index in [1.54, 1.807) is 28.8 Å². The summed E-state index contributed by atoms with van der Waals surface area (Å²) < 4.78 is 4.45. The molecular weight excluding hydrogens is 488 g/mol. The van der Waals surface area contributed by atoms with Crippen molar-refractivity contribution in [3.05, 3.63) is 25.3 Å². The molecule has 2 bridgehead atoms. The summed E-state index contributed by atoms with van der Waals surface area (Å²) in [7, 11) is 0. The maximum absolute atomic E-state index is 14.4. The van der Waals surface area contributed by atoms with Crippen molar-refractivity contribution in [3.8, 4) is 0 Å². The molecule has 0 radical (unpaired) electrons. The first-order valence-corrected chi connectivity index (χ1v) is 14.7. The van der Waals surface area contributed by atoms with Gasteiger partial charge in [-0.2, -0.15) is 0 Å². The minimum Gasteiger partial charge on any atom is -0.465 e. The molecule has 1 spiro atoms. The molecule has 7 nitrogen and oxygen atoms in total. The van der Waals surface area contributed by atoms with Gasteiger partial charge >= 0.3 is 5.97 Å². The van der Waals surface area contributed by atoms with Crippen LogP contribution >= 0.6 is 11.8 Å². The number of fused-ring (bicyclic) bond motifs is 1. The number of aliphatic hydroxyl groups is 1. The second-order valence-electron chi connectivity index (χ2n) is 11.5. The van der Waals surface area contributed by atoms with Gasteiger partial charge in [0.15, 0.2) is 0 Å². The Kier molecular flexibility index (Phi) is 9.95. The van der Waals surface area contributed by atoms with E-state index in [1.165, 1.54) is 0 Å². The lowest BCUT2D eigenvalue weighted by Crippen LogP contribution is -2.57. The first kappa shape index (κ1) is 29.8. The molecule has 3 aliphatic rings. The number of amides is 2. The van der Waals surface area contributed by atoms with E-state index in [9.17, 15) is 19.5 Å². The van der Waals surface area contributed by atoms with Gasteiger partial charge < -0.3 is 19.6 Å². The van der Waals surface area contributed by atoms with Gasteiger partial charge in [-0.3, -0.25) is 14.4 Å². The van der Waals surface area contributed by atoms with E-state index in [4.69, 9.17) is 4.74 Å². The fraction of sp³-hybridized carbons (Fsp3) is 0.759. The number of aliphatic hydroxyl groups excluding tert-OH is 1. The summed E-state index contributed by atoms with van der Waals surface area (Å²) >= 11 is 1.64. The van der Waals surface area contributed by atoms with E-state index in [1.807, 2.05) is 11.8 Å². The summed E-state index contributed by atoms with van der Waals surface area (Å²) in [5.74, 6) is -1.66. The molecule has 0 aromatic carbocycles. The average Bonchev–Trinajstić information content (AvgIpc) is 3.42. The summed E-state index contributed by atoms with van der Waals surface area (Å²) in [4.78, 5) is 45.6. The molecular formula is C29H46N2O5S. The van der Waals surface area contributed by atoms with Crippen LogP contribution in [0.2, 0.25) is 0 Å². The van der Waals surface area contributed by atoms with Crippen LogP contribution < -0.4 is 0 Å². The Bertz CT molecular complexity index is 878. The zero-order chi connectivity index (χ0) is 27.4. The Labute approximate surface area is 227 Å². The number of rotatable bonds is 15. The van der Waals surface area contributed by atoms with Crippen LogP contribution in [0.25, 0.3) is 0 Å². The Balaban J connectivity index is 2.06. The largest absolute Gasteiger partial charge is 0.465 e. The van der Waals surface area contributed by atoms with Gasteiger partial charge in [0.25, 0.3) is 0 Å². The van der Waals surface area contributed by atoms with Crippen molar-refractivity contribution >= 4 is 29.5 Å². The highest BCUT2D eigenvalue weighted by Crippen LogP contribution is 2.71. The SMILES string of the molecule is C=CCCOC(=O)[C@@H]1[C@H]2C(=O)N([C@@H](CO)CC(C)C)C(C(=O)N(CC=C)CCCCC)C23CC[C@@]1(C)S3. The highest BCUT2D eigenvalue weighted by atomic mass is 32.2. The van der Waals surface area contributed by atoms with Crippen molar-refractivity contribution in [2.24, 2.45) is 17.8 Å². The van der Waals surface area contributed by atoms with Crippen molar-refractivity contribution in [1.29, 1.82) is 0 Å². The Morgan fingerprint density at radius 3 is 2.59 bits per heavy atom. The molecule has 0 saturated carbocycles. The molecule has 3 rings (SSSR count). The predicted octanol–water partition coefficient (Wildman–Crippen LogP) is 4.20. The lowest BCUT2D eigenvalue weighted by Gasteiger charge is -2.40. The molecule has 3 heterocycles. The highest BCUT2D eigenvalue weighted by Gasteiger charge is 2.78. The van der Waals surface area contributed by atoms with Crippen molar-refractivity contribution < 1.29 is 24.2 Å². The van der Waals surface area contributed by atoms with Crippen LogP contribution in [0.5, 0.6) is 0 Å². The van der Waals surface area contributed by atoms with Gasteiger partial charge in [-0.15, -0.1) is 24.9 Å². The number of unbranched alkanes of at least 4 members (excludes halogenated alkanes) is 2. The normalized spacial score (nSPS) is 30.9. The van der Waals surface area contributed by atoms with E-state index >= 15 is 0 Å². The third kappa shape index (κ3) is 5.51. The summed E-state index contributed by atoms with van der Waals surface area (Å²) in [5.41, 5.74) is 0. The molecule has 37 heavy (non-hydrogen) atoms. The van der Waals surface area contributed by atoms with E-state index in [-0.39, 0.29) is 36.9 Å². The topological polar surface area (TPSA) is 87.1 Å². The van der Waals surface area contributed by atoms with Crippen molar-refractivity contribution in [1.82, 2.24) is 9.80 Å². The Hall–Kier alpha value is -1.80. The van der Waals surface area contributed by atoms with Crippen LogP contribution in [0, 0.1) is 17.8 Å². The van der Waals surface area contributed by atoms with Gasteiger partial charge in [0.1, 0.15) is 6.04 Å². The molecule has 0 aromatic rings. The summed E-state index contributed by atoms with van der Waals surface area (Å²) in [6, 6.07) is -1.20. The number of carbonyl (C=O) groups is 3. The quantitative estimate of drug-likeness (QED) is 0.193. The van der Waals surface area contributed by atoms with Gasteiger partial charge in [-0.1, -0.05) is 45.8 Å². The van der Waals surface area contributed by atoms with Gasteiger partial charge in [-0.05, 0) is 44.9 Å². The highest BCUT2D eigenvalue weighted by molar-refractivity contribution is 8.02. The van der Waals surface area contributed by atoms with Crippen molar-refractivity contribution in [2.45, 2.75) is 94.2 Å². The number of ether oxygens (including phenoxy) is 1. The smallest absolute Gasteiger partial charge is 0.311 e. The van der Waals surface area contributed by atoms with E-state index in [0.717, 1.165) is 25.7 Å². The summed E-state index contributed by atoms with van der Waals surface area (Å²) in [6.45, 7) is 16.9. The predicted molar refractivity (Wildman–Crippen MR) is 148 cm³/mol. The second kappa shape index (κ2) is 12.4. The molecule has 3 saturated heterocycles. The van der Waals surface area contributed by atoms with Crippen LogP contribution in [0.1, 0.15) is 72.6 Å². The maximum Gasteiger partial charge on any atom is 0.311 e. The molecule has 3 fully saturated rings. The van der Waals surface area contributed by atoms with Crippen LogP contribution in [0.15, 0.2) is 25.3 Å². The van der Waals surface area contributed by atoms with Crippen molar-refractivity contribution in [3.63, 3.8) is 0 Å². The third-order valence-corrected chi connectivity index (χ3v) is 10.3. The first-order valence-electron chi connectivity index (χ1n) is 13.9. The summed E-state index contributed by atoms with van der Waals surface area (Å²) in [6.07, 6.45) is 8.94. The monoisotopic (exact) mass is 534 g/mol. The maximum atomic E-state index is 14.4. The molecule has 3 aliphatic heterocycles. The molecule has 8 heteroatoms. The molecule has 2 unspecified atom stereocenters. The van der Waals surface area contributed by atoms with Gasteiger partial charge in [0, 0.05) is 17.8 Å². The number of carbonyl (C=O) groups excluding carboxylic acids is 3. The van der Waals surface area contributed by atoms with E-state index in [2.05, 4.69) is 33.9 Å².